The van der Waals surface area contributed by atoms with E-state index >= 15 is 0 Å². The van der Waals surface area contributed by atoms with E-state index in [1.807, 2.05) is 26.0 Å². The van der Waals surface area contributed by atoms with Crippen LogP contribution >= 0.6 is 0 Å². The van der Waals surface area contributed by atoms with E-state index in [2.05, 4.69) is 25.5 Å². The van der Waals surface area contributed by atoms with E-state index in [0.29, 0.717) is 13.1 Å². The Morgan fingerprint density at radius 2 is 1.54 bits per heavy atom. The number of hydrogen-bond acceptors (Lipinski definition) is 3. The molecule has 1 aromatic carbocycles. The molecule has 0 saturated heterocycles. The van der Waals surface area contributed by atoms with Crippen molar-refractivity contribution in [2.75, 3.05) is 19.6 Å². The van der Waals surface area contributed by atoms with Crippen LogP contribution in [0.4, 0.5) is 0 Å². The summed E-state index contributed by atoms with van der Waals surface area (Å²) in [6.45, 7) is 11.3. The normalized spacial score (nSPS) is 12.2. The van der Waals surface area contributed by atoms with Crippen LogP contribution in [0.5, 0.6) is 0 Å². The van der Waals surface area contributed by atoms with E-state index in [0.717, 1.165) is 18.4 Å². The lowest BCUT2D eigenvalue weighted by Crippen LogP contribution is -2.40. The van der Waals surface area contributed by atoms with E-state index < -0.39 is 10.0 Å². The van der Waals surface area contributed by atoms with Crippen LogP contribution in [0.25, 0.3) is 0 Å². The molecule has 1 N–H and O–H groups in total. The summed E-state index contributed by atoms with van der Waals surface area (Å²) in [6, 6.07) is 6.81. The van der Waals surface area contributed by atoms with Gasteiger partial charge in [-0.05, 0) is 36.0 Å². The maximum atomic E-state index is 12.4. The molecule has 24 heavy (non-hydrogen) atoms. The second-order valence-corrected chi connectivity index (χ2v) is 8.75. The van der Waals surface area contributed by atoms with Crippen molar-refractivity contribution in [3.05, 3.63) is 29.8 Å². The average molecular weight is 355 g/mol. The monoisotopic (exact) mass is 354 g/mol. The number of hydrogen-bond donors (Lipinski definition) is 1. The first-order chi connectivity index (χ1) is 11.1. The zero-order valence-corrected chi connectivity index (χ0v) is 16.2. The van der Waals surface area contributed by atoms with Gasteiger partial charge in [-0.3, -0.25) is 4.79 Å². The van der Waals surface area contributed by atoms with Gasteiger partial charge in [0.05, 0.1) is 11.4 Å². The molecule has 0 aromatic heterocycles. The number of amides is 1. The molecule has 0 aliphatic rings. The highest BCUT2D eigenvalue weighted by Gasteiger charge is 2.20. The molecule has 0 spiro atoms. The molecule has 0 saturated carbocycles. The van der Waals surface area contributed by atoms with Crippen LogP contribution in [-0.4, -0.2) is 38.9 Å². The van der Waals surface area contributed by atoms with E-state index in [1.54, 1.807) is 17.0 Å². The molecule has 6 heteroatoms. The minimum absolute atomic E-state index is 0.0352. The first kappa shape index (κ1) is 20.6. The van der Waals surface area contributed by atoms with Gasteiger partial charge in [-0.25, -0.2) is 13.1 Å². The highest BCUT2D eigenvalue weighted by molar-refractivity contribution is 7.89. The summed E-state index contributed by atoms with van der Waals surface area (Å²) in [5.74, 6) is -0.186. The Labute approximate surface area is 146 Å². The second-order valence-electron chi connectivity index (χ2n) is 6.98. The lowest BCUT2D eigenvalue weighted by atomic mass is 9.87. The zero-order chi connectivity index (χ0) is 18.4. The first-order valence-corrected chi connectivity index (χ1v) is 9.98. The molecule has 1 rings (SSSR count). The fourth-order valence-corrected chi connectivity index (χ4v) is 3.36. The van der Waals surface area contributed by atoms with Crippen molar-refractivity contribution in [1.29, 1.82) is 0 Å². The Morgan fingerprint density at radius 1 is 1.04 bits per heavy atom. The third-order valence-electron chi connectivity index (χ3n) is 3.78. The third kappa shape index (κ3) is 5.91. The Morgan fingerprint density at radius 3 is 1.96 bits per heavy atom. The SMILES string of the molecule is CCCN(CCC)C(=O)CNS(=O)(=O)c1ccc(C(C)(C)C)cc1. The van der Waals surface area contributed by atoms with Crippen molar-refractivity contribution < 1.29 is 13.2 Å². The molecule has 0 fully saturated rings. The predicted octanol–water partition coefficient (Wildman–Crippen LogP) is 2.91. The first-order valence-electron chi connectivity index (χ1n) is 8.49. The topological polar surface area (TPSA) is 66.5 Å². The number of nitrogens with one attached hydrogen (secondary N) is 1. The van der Waals surface area contributed by atoms with E-state index in [9.17, 15) is 13.2 Å². The van der Waals surface area contributed by atoms with Crippen molar-refractivity contribution in [3.8, 4) is 0 Å². The lowest BCUT2D eigenvalue weighted by molar-refractivity contribution is -0.130. The maximum absolute atomic E-state index is 12.4. The van der Waals surface area contributed by atoms with Crippen molar-refractivity contribution >= 4 is 15.9 Å². The minimum Gasteiger partial charge on any atom is -0.342 e. The van der Waals surface area contributed by atoms with Crippen LogP contribution < -0.4 is 4.72 Å². The summed E-state index contributed by atoms with van der Waals surface area (Å²) >= 11 is 0. The number of carbonyl (C=O) groups is 1. The van der Waals surface area contributed by atoms with E-state index in [1.165, 1.54) is 0 Å². The molecular formula is C18H30N2O3S. The molecule has 5 nitrogen and oxygen atoms in total. The van der Waals surface area contributed by atoms with Gasteiger partial charge in [0.1, 0.15) is 0 Å². The molecule has 1 amide bonds. The highest BCUT2D eigenvalue weighted by Crippen LogP contribution is 2.23. The number of sulfonamides is 1. The summed E-state index contributed by atoms with van der Waals surface area (Å²) in [5.41, 5.74) is 1.03. The van der Waals surface area contributed by atoms with Gasteiger partial charge < -0.3 is 4.90 Å². The molecule has 0 atom stereocenters. The minimum atomic E-state index is -3.68. The Kier molecular flexibility index (Phi) is 7.42. The Bertz CT molecular complexity index is 625. The second kappa shape index (κ2) is 8.62. The molecule has 0 aliphatic heterocycles. The maximum Gasteiger partial charge on any atom is 0.241 e. The van der Waals surface area contributed by atoms with Gasteiger partial charge in [0.15, 0.2) is 0 Å². The summed E-state index contributed by atoms with van der Waals surface area (Å²) in [4.78, 5) is 14.1. The summed E-state index contributed by atoms with van der Waals surface area (Å²) in [5, 5.41) is 0. The summed E-state index contributed by atoms with van der Waals surface area (Å²) < 4.78 is 27.1. The Hall–Kier alpha value is -1.40. The molecular weight excluding hydrogens is 324 g/mol. The van der Waals surface area contributed by atoms with Crippen LogP contribution in [0.1, 0.15) is 53.0 Å². The average Bonchev–Trinajstić information content (AvgIpc) is 2.52. The molecule has 0 unspecified atom stereocenters. The quantitative estimate of drug-likeness (QED) is 0.780. The number of rotatable bonds is 8. The number of nitrogens with zero attached hydrogens (tertiary/aromatic N) is 1. The van der Waals surface area contributed by atoms with Crippen LogP contribution in [-0.2, 0) is 20.2 Å². The fraction of sp³-hybridized carbons (Fsp3) is 0.611. The van der Waals surface area contributed by atoms with Gasteiger partial charge >= 0.3 is 0 Å². The van der Waals surface area contributed by atoms with Gasteiger partial charge in [-0.15, -0.1) is 0 Å². The highest BCUT2D eigenvalue weighted by atomic mass is 32.2. The van der Waals surface area contributed by atoms with Crippen molar-refractivity contribution in [3.63, 3.8) is 0 Å². The largest absolute Gasteiger partial charge is 0.342 e. The van der Waals surface area contributed by atoms with Crippen molar-refractivity contribution in [1.82, 2.24) is 9.62 Å². The fourth-order valence-electron chi connectivity index (χ4n) is 2.39. The number of benzene rings is 1. The van der Waals surface area contributed by atoms with Crippen LogP contribution in [0.15, 0.2) is 29.2 Å². The third-order valence-corrected chi connectivity index (χ3v) is 5.20. The molecule has 0 heterocycles. The molecule has 1 aromatic rings. The van der Waals surface area contributed by atoms with Gasteiger partial charge in [0.2, 0.25) is 15.9 Å². The molecule has 0 radical (unpaired) electrons. The van der Waals surface area contributed by atoms with Crippen LogP contribution in [0.3, 0.4) is 0 Å². The molecule has 0 bridgehead atoms. The van der Waals surface area contributed by atoms with Gasteiger partial charge in [-0.2, -0.15) is 0 Å². The van der Waals surface area contributed by atoms with Crippen molar-refractivity contribution in [2.24, 2.45) is 0 Å². The summed E-state index contributed by atoms with van der Waals surface area (Å²) in [7, 11) is -3.68. The van der Waals surface area contributed by atoms with Gasteiger partial charge in [-0.1, -0.05) is 46.8 Å². The predicted molar refractivity (Wildman–Crippen MR) is 97.5 cm³/mol. The smallest absolute Gasteiger partial charge is 0.241 e. The standard InChI is InChI=1S/C18H30N2O3S/c1-6-12-20(13-7-2)17(21)14-19-24(22,23)16-10-8-15(9-11-16)18(3,4)5/h8-11,19H,6-7,12-14H2,1-5H3. The van der Waals surface area contributed by atoms with Crippen LogP contribution in [0.2, 0.25) is 0 Å². The zero-order valence-electron chi connectivity index (χ0n) is 15.4. The van der Waals surface area contributed by atoms with Crippen LogP contribution in [0, 0.1) is 0 Å². The van der Waals surface area contributed by atoms with Crippen molar-refractivity contribution in [2.45, 2.75) is 57.8 Å². The van der Waals surface area contributed by atoms with E-state index in [-0.39, 0.29) is 22.8 Å². The lowest BCUT2D eigenvalue weighted by Gasteiger charge is -2.22. The van der Waals surface area contributed by atoms with E-state index in [4.69, 9.17) is 0 Å². The van der Waals surface area contributed by atoms with Gasteiger partial charge in [0, 0.05) is 13.1 Å². The van der Waals surface area contributed by atoms with Gasteiger partial charge in [0.25, 0.3) is 0 Å². The molecule has 136 valence electrons. The summed E-state index contributed by atoms with van der Waals surface area (Å²) in [6.07, 6.45) is 1.71. The Balaban J connectivity index is 2.77. The number of carbonyl (C=O) groups excluding carboxylic acids is 1. The molecule has 0 aliphatic carbocycles.